The van der Waals surface area contributed by atoms with Gasteiger partial charge in [-0.1, -0.05) is 13.0 Å². The van der Waals surface area contributed by atoms with Crippen LogP contribution in [-0.4, -0.2) is 36.8 Å². The lowest BCUT2D eigenvalue weighted by Crippen LogP contribution is -2.32. The highest BCUT2D eigenvalue weighted by Gasteiger charge is 2.36. The molecule has 2 heterocycles. The van der Waals surface area contributed by atoms with Crippen LogP contribution in [0.5, 0.6) is 0 Å². The third kappa shape index (κ3) is 2.76. The molecular formula is C14H18ClN3O2S. The molecule has 1 aliphatic rings. The zero-order valence-corrected chi connectivity index (χ0v) is 13.3. The molecule has 0 radical (unpaired) electrons. The maximum Gasteiger partial charge on any atom is 0.243 e. The van der Waals surface area contributed by atoms with E-state index in [2.05, 4.69) is 4.98 Å². The average molecular weight is 328 g/mol. The van der Waals surface area contributed by atoms with Gasteiger partial charge in [0.2, 0.25) is 10.0 Å². The van der Waals surface area contributed by atoms with Gasteiger partial charge in [-0.25, -0.2) is 8.42 Å². The van der Waals surface area contributed by atoms with Crippen molar-refractivity contribution in [3.8, 4) is 0 Å². The first kappa shape index (κ1) is 16.2. The fourth-order valence-electron chi connectivity index (χ4n) is 2.58. The van der Waals surface area contributed by atoms with E-state index in [4.69, 9.17) is 5.73 Å². The lowest BCUT2D eigenvalue weighted by Gasteiger charge is -2.17. The lowest BCUT2D eigenvalue weighted by atomic mass is 10.1. The van der Waals surface area contributed by atoms with E-state index in [1.807, 2.05) is 13.0 Å². The molecule has 3 rings (SSSR count). The lowest BCUT2D eigenvalue weighted by molar-refractivity contribution is 0.465. The van der Waals surface area contributed by atoms with E-state index in [1.165, 1.54) is 4.31 Å². The second kappa shape index (κ2) is 5.88. The van der Waals surface area contributed by atoms with Gasteiger partial charge in [-0.15, -0.1) is 12.4 Å². The number of rotatable bonds is 2. The van der Waals surface area contributed by atoms with Crippen LogP contribution in [0.1, 0.15) is 6.92 Å². The molecule has 0 saturated carbocycles. The van der Waals surface area contributed by atoms with Crippen LogP contribution in [0, 0.1) is 5.92 Å². The Hall–Kier alpha value is -1.21. The third-order valence-corrected chi connectivity index (χ3v) is 5.75. The summed E-state index contributed by atoms with van der Waals surface area (Å²) in [6.45, 7) is 2.82. The summed E-state index contributed by atoms with van der Waals surface area (Å²) in [5.41, 5.74) is 6.62. The van der Waals surface area contributed by atoms with Gasteiger partial charge >= 0.3 is 0 Å². The number of aromatic nitrogens is 1. The number of nitrogens with two attached hydrogens (primary N) is 1. The average Bonchev–Trinajstić information content (AvgIpc) is 2.79. The molecule has 1 aliphatic heterocycles. The molecule has 0 spiro atoms. The highest BCUT2D eigenvalue weighted by Crippen LogP contribution is 2.28. The van der Waals surface area contributed by atoms with Crippen molar-refractivity contribution in [1.82, 2.24) is 9.29 Å². The topological polar surface area (TPSA) is 76.3 Å². The summed E-state index contributed by atoms with van der Waals surface area (Å²) in [5, 5.41) is 0.656. The zero-order chi connectivity index (χ0) is 14.3. The first-order valence-electron chi connectivity index (χ1n) is 6.59. The summed E-state index contributed by atoms with van der Waals surface area (Å²) in [5.74, 6) is 0.179. The number of hydrogen-bond acceptors (Lipinski definition) is 4. The molecule has 0 amide bonds. The Morgan fingerprint density at radius 2 is 2.00 bits per heavy atom. The predicted octanol–water partition coefficient (Wildman–Crippen LogP) is 1.62. The van der Waals surface area contributed by atoms with Crippen molar-refractivity contribution in [3.63, 3.8) is 0 Å². The summed E-state index contributed by atoms with van der Waals surface area (Å²) in [6.07, 6.45) is 1.66. The smallest absolute Gasteiger partial charge is 0.243 e. The van der Waals surface area contributed by atoms with Gasteiger partial charge in [0, 0.05) is 30.7 Å². The van der Waals surface area contributed by atoms with Crippen LogP contribution in [0.15, 0.2) is 41.4 Å². The Balaban J connectivity index is 0.00000161. The van der Waals surface area contributed by atoms with E-state index in [-0.39, 0.29) is 24.4 Å². The molecule has 1 aromatic carbocycles. The standard InChI is InChI=1S/C14H17N3O2S.ClH/c1-10-8-17(9-12(10)15)20(18,19)14-6-2-5-13-11(14)4-3-7-16-13;/h2-7,10,12H,8-9,15H2,1H3;1H. The van der Waals surface area contributed by atoms with Crippen LogP contribution in [0.2, 0.25) is 0 Å². The number of benzene rings is 1. The second-order valence-corrected chi connectivity index (χ2v) is 7.20. The van der Waals surface area contributed by atoms with E-state index in [0.29, 0.717) is 28.9 Å². The molecule has 2 aromatic rings. The Morgan fingerprint density at radius 1 is 1.24 bits per heavy atom. The van der Waals surface area contributed by atoms with E-state index in [9.17, 15) is 8.42 Å². The van der Waals surface area contributed by atoms with Crippen molar-refractivity contribution >= 4 is 33.3 Å². The maximum atomic E-state index is 12.8. The van der Waals surface area contributed by atoms with Crippen LogP contribution in [0.3, 0.4) is 0 Å². The molecule has 1 aromatic heterocycles. The summed E-state index contributed by atoms with van der Waals surface area (Å²) in [4.78, 5) is 4.51. The molecule has 0 bridgehead atoms. The van der Waals surface area contributed by atoms with Crippen molar-refractivity contribution in [2.24, 2.45) is 11.7 Å². The van der Waals surface area contributed by atoms with Crippen LogP contribution in [0.4, 0.5) is 0 Å². The van der Waals surface area contributed by atoms with Crippen molar-refractivity contribution in [3.05, 3.63) is 36.5 Å². The molecular weight excluding hydrogens is 310 g/mol. The third-order valence-electron chi connectivity index (χ3n) is 3.86. The van der Waals surface area contributed by atoms with E-state index >= 15 is 0 Å². The maximum absolute atomic E-state index is 12.8. The van der Waals surface area contributed by atoms with Gasteiger partial charge < -0.3 is 5.73 Å². The molecule has 2 N–H and O–H groups in total. The number of pyridine rings is 1. The van der Waals surface area contributed by atoms with Gasteiger partial charge in [-0.3, -0.25) is 4.98 Å². The Kier molecular flexibility index (Phi) is 4.53. The zero-order valence-electron chi connectivity index (χ0n) is 11.6. The summed E-state index contributed by atoms with van der Waals surface area (Å²) >= 11 is 0. The van der Waals surface area contributed by atoms with Gasteiger partial charge in [-0.2, -0.15) is 4.31 Å². The fourth-order valence-corrected chi connectivity index (χ4v) is 4.36. The largest absolute Gasteiger partial charge is 0.326 e. The molecule has 1 fully saturated rings. The molecule has 2 unspecified atom stereocenters. The highest BCUT2D eigenvalue weighted by molar-refractivity contribution is 7.89. The SMILES string of the molecule is CC1CN(S(=O)(=O)c2cccc3ncccc23)CC1N.Cl. The number of halogens is 1. The van der Waals surface area contributed by atoms with Gasteiger partial charge in [0.05, 0.1) is 10.4 Å². The normalized spacial score (nSPS) is 23.1. The minimum atomic E-state index is -3.52. The van der Waals surface area contributed by atoms with Gasteiger partial charge in [0.25, 0.3) is 0 Å². The molecule has 2 atom stereocenters. The first-order chi connectivity index (χ1) is 9.50. The van der Waals surface area contributed by atoms with Crippen LogP contribution >= 0.6 is 12.4 Å². The van der Waals surface area contributed by atoms with E-state index < -0.39 is 10.0 Å². The monoisotopic (exact) mass is 327 g/mol. The van der Waals surface area contributed by atoms with Crippen molar-refractivity contribution < 1.29 is 8.42 Å². The van der Waals surface area contributed by atoms with E-state index in [0.717, 1.165) is 0 Å². The Bertz CT molecular complexity index is 735. The molecule has 1 saturated heterocycles. The highest BCUT2D eigenvalue weighted by atomic mass is 35.5. The number of fused-ring (bicyclic) bond motifs is 1. The van der Waals surface area contributed by atoms with Gasteiger partial charge in [0.15, 0.2) is 0 Å². The minimum Gasteiger partial charge on any atom is -0.326 e. The summed E-state index contributed by atoms with van der Waals surface area (Å²) in [6, 6.07) is 8.61. The number of hydrogen-bond donors (Lipinski definition) is 1. The molecule has 0 aliphatic carbocycles. The number of sulfonamides is 1. The molecule has 21 heavy (non-hydrogen) atoms. The van der Waals surface area contributed by atoms with Gasteiger partial charge in [-0.05, 0) is 30.2 Å². The quantitative estimate of drug-likeness (QED) is 0.909. The molecule has 5 nitrogen and oxygen atoms in total. The predicted molar refractivity (Wildman–Crippen MR) is 84.9 cm³/mol. The van der Waals surface area contributed by atoms with E-state index in [1.54, 1.807) is 30.5 Å². The molecule has 7 heteroatoms. The van der Waals surface area contributed by atoms with Gasteiger partial charge in [0.1, 0.15) is 0 Å². The fraction of sp³-hybridized carbons (Fsp3) is 0.357. The summed E-state index contributed by atoms with van der Waals surface area (Å²) in [7, 11) is -3.52. The van der Waals surface area contributed by atoms with Crippen LogP contribution in [-0.2, 0) is 10.0 Å². The Labute approximate surface area is 130 Å². The molecule has 114 valence electrons. The van der Waals surface area contributed by atoms with Crippen LogP contribution < -0.4 is 5.73 Å². The minimum absolute atomic E-state index is 0. The number of nitrogens with zero attached hydrogens (tertiary/aromatic N) is 2. The second-order valence-electron chi connectivity index (χ2n) is 5.29. The Morgan fingerprint density at radius 3 is 2.67 bits per heavy atom. The van der Waals surface area contributed by atoms with Crippen molar-refractivity contribution in [2.45, 2.75) is 17.9 Å². The first-order valence-corrected chi connectivity index (χ1v) is 8.03. The summed E-state index contributed by atoms with van der Waals surface area (Å²) < 4.78 is 27.0. The van der Waals surface area contributed by atoms with Crippen LogP contribution in [0.25, 0.3) is 10.9 Å². The van der Waals surface area contributed by atoms with Crippen molar-refractivity contribution in [2.75, 3.05) is 13.1 Å². The van der Waals surface area contributed by atoms with Crippen molar-refractivity contribution in [1.29, 1.82) is 0 Å².